The molecule has 5 nitrogen and oxygen atoms in total. The van der Waals surface area contributed by atoms with Crippen molar-refractivity contribution in [3.05, 3.63) is 0 Å². The van der Waals surface area contributed by atoms with Gasteiger partial charge in [-0.05, 0) is 45.6 Å². The fourth-order valence-electron chi connectivity index (χ4n) is 2.87. The Morgan fingerprint density at radius 3 is 2.81 bits per heavy atom. The highest BCUT2D eigenvalue weighted by molar-refractivity contribution is 5.81. The molecule has 0 heterocycles. The molecule has 1 fully saturated rings. The highest BCUT2D eigenvalue weighted by Gasteiger charge is 2.43. The maximum atomic E-state index is 12.4. The molecule has 1 rings (SSSR count). The molecule has 0 aromatic heterocycles. The van der Waals surface area contributed by atoms with Crippen LogP contribution in [0.4, 0.5) is 0 Å². The normalized spacial score (nSPS) is 25.8. The quantitative estimate of drug-likeness (QED) is 0.495. The molecule has 0 bridgehead atoms. The van der Waals surface area contributed by atoms with Crippen LogP contribution in [-0.4, -0.2) is 51.1 Å². The Labute approximate surface area is 128 Å². The molecule has 1 aliphatic rings. The molecule has 0 spiro atoms. The number of esters is 1. The predicted molar refractivity (Wildman–Crippen MR) is 82.4 cm³/mol. The van der Waals surface area contributed by atoms with Crippen molar-refractivity contribution in [2.24, 2.45) is 0 Å². The Morgan fingerprint density at radius 2 is 2.14 bits per heavy atom. The first-order valence-electron chi connectivity index (χ1n) is 8.21. The van der Waals surface area contributed by atoms with Crippen molar-refractivity contribution in [2.45, 2.75) is 64.0 Å². The van der Waals surface area contributed by atoms with E-state index < -0.39 is 5.54 Å². The number of carbonyl (C=O) groups is 1. The number of rotatable bonds is 10. The average Bonchev–Trinajstić information content (AvgIpc) is 2.50. The molecule has 1 N–H and O–H groups in total. The van der Waals surface area contributed by atoms with Crippen LogP contribution in [0.1, 0.15) is 52.4 Å². The molecule has 0 amide bonds. The lowest BCUT2D eigenvalue weighted by Gasteiger charge is -2.39. The van der Waals surface area contributed by atoms with Gasteiger partial charge in [0.05, 0.1) is 12.7 Å². The van der Waals surface area contributed by atoms with E-state index in [0.717, 1.165) is 38.6 Å². The third kappa shape index (κ3) is 5.93. The van der Waals surface area contributed by atoms with Gasteiger partial charge in [0, 0.05) is 26.7 Å². The Kier molecular flexibility index (Phi) is 8.88. The molecule has 5 heteroatoms. The van der Waals surface area contributed by atoms with Gasteiger partial charge < -0.3 is 19.5 Å². The molecule has 0 saturated heterocycles. The molecule has 1 saturated carbocycles. The lowest BCUT2D eigenvalue weighted by Crippen LogP contribution is -2.57. The minimum absolute atomic E-state index is 0.122. The van der Waals surface area contributed by atoms with Gasteiger partial charge in [-0.3, -0.25) is 4.79 Å². The zero-order chi connectivity index (χ0) is 15.6. The van der Waals surface area contributed by atoms with Crippen LogP contribution in [0.2, 0.25) is 0 Å². The van der Waals surface area contributed by atoms with Crippen molar-refractivity contribution < 1.29 is 19.0 Å². The minimum atomic E-state index is -0.559. The number of carbonyl (C=O) groups excluding carboxylic acids is 1. The van der Waals surface area contributed by atoms with Crippen LogP contribution in [0.25, 0.3) is 0 Å². The summed E-state index contributed by atoms with van der Waals surface area (Å²) < 4.78 is 16.2. The first-order chi connectivity index (χ1) is 10.2. The van der Waals surface area contributed by atoms with Gasteiger partial charge in [0.1, 0.15) is 5.54 Å². The van der Waals surface area contributed by atoms with Crippen molar-refractivity contribution in [1.82, 2.24) is 5.32 Å². The molecule has 124 valence electrons. The predicted octanol–water partition coefficient (Wildman–Crippen LogP) is 2.28. The molecule has 0 radical (unpaired) electrons. The van der Waals surface area contributed by atoms with Gasteiger partial charge >= 0.3 is 5.97 Å². The third-order valence-electron chi connectivity index (χ3n) is 3.93. The maximum Gasteiger partial charge on any atom is 0.326 e. The third-order valence-corrected chi connectivity index (χ3v) is 3.93. The van der Waals surface area contributed by atoms with Crippen LogP contribution in [0.5, 0.6) is 0 Å². The van der Waals surface area contributed by atoms with Crippen LogP contribution >= 0.6 is 0 Å². The SMILES string of the molecule is CCCNC1(C(=O)OCC)CCCC(OCCCOC)C1. The number of nitrogens with one attached hydrogen (secondary N) is 1. The van der Waals surface area contributed by atoms with E-state index >= 15 is 0 Å². The number of ether oxygens (including phenoxy) is 3. The Morgan fingerprint density at radius 1 is 1.33 bits per heavy atom. The van der Waals surface area contributed by atoms with Crippen LogP contribution in [0, 0.1) is 0 Å². The molecular formula is C16H31NO4. The molecule has 0 aromatic carbocycles. The van der Waals surface area contributed by atoms with Gasteiger partial charge in [-0.1, -0.05) is 6.92 Å². The van der Waals surface area contributed by atoms with Gasteiger partial charge in [-0.2, -0.15) is 0 Å². The van der Waals surface area contributed by atoms with Crippen LogP contribution in [0.15, 0.2) is 0 Å². The second-order valence-corrected chi connectivity index (χ2v) is 5.66. The van der Waals surface area contributed by atoms with Crippen molar-refractivity contribution in [3.63, 3.8) is 0 Å². The topological polar surface area (TPSA) is 56.8 Å². The van der Waals surface area contributed by atoms with Crippen LogP contribution in [-0.2, 0) is 19.0 Å². The molecule has 2 unspecified atom stereocenters. The van der Waals surface area contributed by atoms with E-state index in [4.69, 9.17) is 14.2 Å². The van der Waals surface area contributed by atoms with E-state index in [9.17, 15) is 4.79 Å². The van der Waals surface area contributed by atoms with Gasteiger partial charge in [-0.25, -0.2) is 0 Å². The van der Waals surface area contributed by atoms with Crippen LogP contribution in [0.3, 0.4) is 0 Å². The summed E-state index contributed by atoms with van der Waals surface area (Å²) in [5, 5.41) is 3.42. The number of hydrogen-bond donors (Lipinski definition) is 1. The smallest absolute Gasteiger partial charge is 0.326 e. The molecule has 0 aliphatic heterocycles. The summed E-state index contributed by atoms with van der Waals surface area (Å²) in [4.78, 5) is 12.4. The zero-order valence-corrected chi connectivity index (χ0v) is 13.8. The summed E-state index contributed by atoms with van der Waals surface area (Å²) in [7, 11) is 1.70. The summed E-state index contributed by atoms with van der Waals surface area (Å²) in [5.41, 5.74) is -0.559. The fourth-order valence-corrected chi connectivity index (χ4v) is 2.87. The van der Waals surface area contributed by atoms with E-state index in [1.54, 1.807) is 7.11 Å². The van der Waals surface area contributed by atoms with Gasteiger partial charge in [0.15, 0.2) is 0 Å². The first-order valence-corrected chi connectivity index (χ1v) is 8.21. The zero-order valence-electron chi connectivity index (χ0n) is 13.8. The van der Waals surface area contributed by atoms with Crippen LogP contribution < -0.4 is 5.32 Å². The molecular weight excluding hydrogens is 270 g/mol. The summed E-state index contributed by atoms with van der Waals surface area (Å²) >= 11 is 0. The van der Waals surface area contributed by atoms with E-state index in [1.165, 1.54) is 0 Å². The van der Waals surface area contributed by atoms with E-state index in [1.807, 2.05) is 6.92 Å². The largest absolute Gasteiger partial charge is 0.465 e. The minimum Gasteiger partial charge on any atom is -0.465 e. The molecule has 0 aromatic rings. The first kappa shape index (κ1) is 18.4. The maximum absolute atomic E-state index is 12.4. The van der Waals surface area contributed by atoms with Crippen molar-refractivity contribution in [2.75, 3.05) is 33.5 Å². The second kappa shape index (κ2) is 10.1. The van der Waals surface area contributed by atoms with Gasteiger partial charge in [0.25, 0.3) is 0 Å². The molecule has 2 atom stereocenters. The van der Waals surface area contributed by atoms with Gasteiger partial charge in [-0.15, -0.1) is 0 Å². The number of methoxy groups -OCH3 is 1. The highest BCUT2D eigenvalue weighted by atomic mass is 16.5. The summed E-state index contributed by atoms with van der Waals surface area (Å²) in [5.74, 6) is -0.122. The Balaban J connectivity index is 2.57. The average molecular weight is 301 g/mol. The summed E-state index contributed by atoms with van der Waals surface area (Å²) in [6.07, 6.45) is 5.57. The van der Waals surface area contributed by atoms with E-state index in [2.05, 4.69) is 12.2 Å². The van der Waals surface area contributed by atoms with Gasteiger partial charge in [0.2, 0.25) is 0 Å². The molecule has 21 heavy (non-hydrogen) atoms. The van der Waals surface area contributed by atoms with E-state index in [-0.39, 0.29) is 12.1 Å². The summed E-state index contributed by atoms with van der Waals surface area (Å²) in [6, 6.07) is 0. The highest BCUT2D eigenvalue weighted by Crippen LogP contribution is 2.31. The number of hydrogen-bond acceptors (Lipinski definition) is 5. The van der Waals surface area contributed by atoms with Crippen molar-refractivity contribution >= 4 is 5.97 Å². The summed E-state index contributed by atoms with van der Waals surface area (Å²) in [6.45, 7) is 6.61. The molecule has 1 aliphatic carbocycles. The standard InChI is InChI=1S/C16H31NO4/c1-4-10-17-16(15(18)20-5-2)9-6-8-14(13-16)21-12-7-11-19-3/h14,17H,4-13H2,1-3H3. The lowest BCUT2D eigenvalue weighted by molar-refractivity contribution is -0.155. The monoisotopic (exact) mass is 301 g/mol. The Hall–Kier alpha value is -0.650. The van der Waals surface area contributed by atoms with Crippen molar-refractivity contribution in [3.8, 4) is 0 Å². The Bertz CT molecular complexity index is 298. The lowest BCUT2D eigenvalue weighted by atomic mass is 9.79. The fraction of sp³-hybridized carbons (Fsp3) is 0.938. The van der Waals surface area contributed by atoms with Crippen molar-refractivity contribution in [1.29, 1.82) is 0 Å². The van der Waals surface area contributed by atoms with E-state index in [0.29, 0.717) is 26.2 Å². The second-order valence-electron chi connectivity index (χ2n) is 5.66.